The van der Waals surface area contributed by atoms with Crippen LogP contribution >= 0.6 is 0 Å². The monoisotopic (exact) mass is 351 g/mol. The Hall–Kier alpha value is -2.99. The Balaban J connectivity index is 1.75. The molecule has 3 rings (SSSR count). The molecule has 1 aromatic heterocycles. The van der Waals surface area contributed by atoms with Crippen LogP contribution in [-0.2, 0) is 10.0 Å². The van der Waals surface area contributed by atoms with E-state index in [1.54, 1.807) is 36.7 Å². The lowest BCUT2D eigenvalue weighted by Gasteiger charge is -2.07. The molecule has 0 saturated carbocycles. The van der Waals surface area contributed by atoms with Gasteiger partial charge in [0.15, 0.2) is 0 Å². The van der Waals surface area contributed by atoms with Crippen LogP contribution in [0.15, 0.2) is 82.9 Å². The summed E-state index contributed by atoms with van der Waals surface area (Å²) in [5, 5.41) is 0. The smallest absolute Gasteiger partial charge is 0.261 e. The molecule has 126 valence electrons. The first-order chi connectivity index (χ1) is 12.0. The van der Waals surface area contributed by atoms with Gasteiger partial charge in [0.2, 0.25) is 0 Å². The van der Waals surface area contributed by atoms with Crippen LogP contribution in [0.25, 0.3) is 0 Å². The molecule has 0 aliphatic rings. The van der Waals surface area contributed by atoms with Crippen molar-refractivity contribution < 1.29 is 8.42 Å². The molecular weight excluding hydrogens is 334 g/mol. The van der Waals surface area contributed by atoms with Crippen LogP contribution in [0.1, 0.15) is 11.1 Å². The van der Waals surface area contributed by atoms with Crippen molar-refractivity contribution in [1.29, 1.82) is 0 Å². The summed E-state index contributed by atoms with van der Waals surface area (Å²) in [6, 6.07) is 17.7. The third-order valence-electron chi connectivity index (χ3n) is 3.47. The molecule has 0 amide bonds. The summed E-state index contributed by atoms with van der Waals surface area (Å²) in [6.07, 6.45) is 4.79. The number of aliphatic imine (C=N–C) groups is 1. The van der Waals surface area contributed by atoms with Gasteiger partial charge < -0.3 is 0 Å². The summed E-state index contributed by atoms with van der Waals surface area (Å²) in [5.41, 5.74) is 3.26. The molecule has 0 saturated heterocycles. The summed E-state index contributed by atoms with van der Waals surface area (Å²) in [5.74, 6) is 0. The maximum Gasteiger partial charge on any atom is 0.261 e. The molecule has 5 nitrogen and oxygen atoms in total. The van der Waals surface area contributed by atoms with Crippen molar-refractivity contribution in [1.82, 2.24) is 4.98 Å². The molecule has 0 fully saturated rings. The molecule has 0 spiro atoms. The van der Waals surface area contributed by atoms with E-state index in [0.29, 0.717) is 11.4 Å². The molecule has 0 aliphatic carbocycles. The third-order valence-corrected chi connectivity index (χ3v) is 4.86. The number of benzene rings is 2. The number of nitrogens with one attached hydrogen (secondary N) is 1. The van der Waals surface area contributed by atoms with Crippen molar-refractivity contribution in [2.24, 2.45) is 4.99 Å². The highest BCUT2D eigenvalue weighted by Gasteiger charge is 2.13. The molecule has 0 bridgehead atoms. The number of sulfonamides is 1. The number of hydrogen-bond donors (Lipinski definition) is 1. The van der Waals surface area contributed by atoms with Gasteiger partial charge in [0, 0.05) is 12.4 Å². The van der Waals surface area contributed by atoms with E-state index in [-0.39, 0.29) is 4.90 Å². The zero-order valence-corrected chi connectivity index (χ0v) is 14.4. The molecule has 6 heteroatoms. The Morgan fingerprint density at radius 1 is 1.04 bits per heavy atom. The van der Waals surface area contributed by atoms with E-state index in [2.05, 4.69) is 14.7 Å². The number of rotatable bonds is 5. The lowest BCUT2D eigenvalue weighted by atomic mass is 10.1. The first kappa shape index (κ1) is 16.9. The van der Waals surface area contributed by atoms with Crippen LogP contribution in [0, 0.1) is 6.92 Å². The van der Waals surface area contributed by atoms with Gasteiger partial charge in [-0.1, -0.05) is 29.8 Å². The summed E-state index contributed by atoms with van der Waals surface area (Å²) in [4.78, 5) is 8.44. The molecule has 0 aliphatic heterocycles. The van der Waals surface area contributed by atoms with Crippen molar-refractivity contribution in [2.75, 3.05) is 4.72 Å². The number of nitrogens with zero attached hydrogens (tertiary/aromatic N) is 2. The van der Waals surface area contributed by atoms with Gasteiger partial charge in [0.05, 0.1) is 22.5 Å². The Morgan fingerprint density at radius 3 is 2.52 bits per heavy atom. The predicted molar refractivity (Wildman–Crippen MR) is 99.9 cm³/mol. The van der Waals surface area contributed by atoms with Crippen LogP contribution in [0.2, 0.25) is 0 Å². The quantitative estimate of drug-likeness (QED) is 0.708. The number of anilines is 1. The zero-order chi connectivity index (χ0) is 17.7. The van der Waals surface area contributed by atoms with E-state index in [4.69, 9.17) is 0 Å². The van der Waals surface area contributed by atoms with Gasteiger partial charge in [0.1, 0.15) is 0 Å². The number of aromatic nitrogens is 1. The second kappa shape index (κ2) is 7.27. The molecular formula is C19H17N3O2S. The SMILES string of the molecule is Cc1cccc(C=Nc2ccc(S(=O)(=O)Nc3cccnc3)cc2)c1. The first-order valence-corrected chi connectivity index (χ1v) is 9.15. The first-order valence-electron chi connectivity index (χ1n) is 7.67. The molecule has 0 atom stereocenters. The molecule has 0 radical (unpaired) electrons. The fraction of sp³-hybridized carbons (Fsp3) is 0.0526. The van der Waals surface area contributed by atoms with Crippen molar-refractivity contribution in [3.05, 3.63) is 84.2 Å². The summed E-state index contributed by atoms with van der Waals surface area (Å²) in [6.45, 7) is 2.02. The van der Waals surface area contributed by atoms with Crippen LogP contribution in [0.4, 0.5) is 11.4 Å². The largest absolute Gasteiger partial charge is 0.278 e. The van der Waals surface area contributed by atoms with Gasteiger partial charge in [-0.2, -0.15) is 0 Å². The Kier molecular flexibility index (Phi) is 4.90. The highest BCUT2D eigenvalue weighted by molar-refractivity contribution is 7.92. The fourth-order valence-electron chi connectivity index (χ4n) is 2.25. The van der Waals surface area contributed by atoms with Gasteiger partial charge in [-0.15, -0.1) is 0 Å². The van der Waals surface area contributed by atoms with Gasteiger partial charge in [-0.25, -0.2) is 8.42 Å². The van der Waals surface area contributed by atoms with Crippen LogP contribution in [-0.4, -0.2) is 19.6 Å². The van der Waals surface area contributed by atoms with E-state index in [1.807, 2.05) is 31.2 Å². The second-order valence-electron chi connectivity index (χ2n) is 5.51. The lowest BCUT2D eigenvalue weighted by Crippen LogP contribution is -2.12. The predicted octanol–water partition coefficient (Wildman–Crippen LogP) is 3.94. The minimum absolute atomic E-state index is 0.172. The molecule has 25 heavy (non-hydrogen) atoms. The van der Waals surface area contributed by atoms with Gasteiger partial charge in [-0.05, 0) is 48.9 Å². The lowest BCUT2D eigenvalue weighted by molar-refractivity contribution is 0.601. The topological polar surface area (TPSA) is 71.4 Å². The molecule has 1 N–H and O–H groups in total. The van der Waals surface area contributed by atoms with Crippen LogP contribution < -0.4 is 4.72 Å². The van der Waals surface area contributed by atoms with E-state index in [9.17, 15) is 8.42 Å². The van der Waals surface area contributed by atoms with Crippen LogP contribution in [0.3, 0.4) is 0 Å². The Bertz CT molecular complexity index is 983. The Morgan fingerprint density at radius 2 is 1.84 bits per heavy atom. The van der Waals surface area contributed by atoms with Crippen molar-refractivity contribution in [3.8, 4) is 0 Å². The van der Waals surface area contributed by atoms with Crippen molar-refractivity contribution in [2.45, 2.75) is 11.8 Å². The minimum Gasteiger partial charge on any atom is -0.278 e. The molecule has 1 heterocycles. The van der Waals surface area contributed by atoms with Gasteiger partial charge in [-0.3, -0.25) is 14.7 Å². The van der Waals surface area contributed by atoms with Crippen molar-refractivity contribution >= 4 is 27.6 Å². The standard InChI is InChI=1S/C19H17N3O2S/c1-15-4-2-5-16(12-15)13-21-17-7-9-19(10-8-17)25(23,24)22-18-6-3-11-20-14-18/h2-14,22H,1H3. The Labute approximate surface area is 147 Å². The molecule has 0 unspecified atom stereocenters. The normalized spacial score (nSPS) is 11.6. The van der Waals surface area contributed by atoms with Gasteiger partial charge in [0.25, 0.3) is 10.0 Å². The van der Waals surface area contributed by atoms with E-state index >= 15 is 0 Å². The summed E-state index contributed by atoms with van der Waals surface area (Å²) in [7, 11) is -3.64. The minimum atomic E-state index is -3.64. The number of aryl methyl sites for hydroxylation is 1. The average molecular weight is 351 g/mol. The van der Waals surface area contributed by atoms with Crippen LogP contribution in [0.5, 0.6) is 0 Å². The van der Waals surface area contributed by atoms with E-state index in [1.165, 1.54) is 18.3 Å². The van der Waals surface area contributed by atoms with E-state index in [0.717, 1.165) is 11.1 Å². The fourth-order valence-corrected chi connectivity index (χ4v) is 3.29. The zero-order valence-electron chi connectivity index (χ0n) is 13.6. The molecule has 2 aromatic carbocycles. The maximum atomic E-state index is 12.4. The van der Waals surface area contributed by atoms with E-state index < -0.39 is 10.0 Å². The maximum absolute atomic E-state index is 12.4. The average Bonchev–Trinajstić information content (AvgIpc) is 2.61. The second-order valence-corrected chi connectivity index (χ2v) is 7.20. The third kappa shape index (κ3) is 4.51. The molecule has 3 aromatic rings. The van der Waals surface area contributed by atoms with Gasteiger partial charge >= 0.3 is 0 Å². The summed E-state index contributed by atoms with van der Waals surface area (Å²) < 4.78 is 27.2. The number of pyridine rings is 1. The highest BCUT2D eigenvalue weighted by Crippen LogP contribution is 2.19. The van der Waals surface area contributed by atoms with Crippen molar-refractivity contribution in [3.63, 3.8) is 0 Å². The highest BCUT2D eigenvalue weighted by atomic mass is 32.2. The number of hydrogen-bond acceptors (Lipinski definition) is 4. The summed E-state index contributed by atoms with van der Waals surface area (Å²) >= 11 is 0.